The summed E-state index contributed by atoms with van der Waals surface area (Å²) in [5.74, 6) is 0.413. The molecule has 0 amide bonds. The Hall–Kier alpha value is -3.54. The van der Waals surface area contributed by atoms with E-state index in [1.165, 1.54) is 13.2 Å². The molecule has 156 valence electrons. The second-order valence-corrected chi connectivity index (χ2v) is 6.95. The SMILES string of the molecule is C=CCc1ccc(OCC(=O)OCc2cc(=O)oc3cc(C)c(C)cc23)c(OC)c1. The average molecular weight is 408 g/mol. The molecule has 0 aliphatic heterocycles. The maximum atomic E-state index is 12.2. The molecule has 0 saturated carbocycles. The van der Waals surface area contributed by atoms with Crippen LogP contribution in [-0.4, -0.2) is 19.7 Å². The summed E-state index contributed by atoms with van der Waals surface area (Å²) in [5.41, 5.74) is 3.66. The second-order valence-electron chi connectivity index (χ2n) is 6.95. The summed E-state index contributed by atoms with van der Waals surface area (Å²) in [4.78, 5) is 24.0. The largest absolute Gasteiger partial charge is 0.493 e. The summed E-state index contributed by atoms with van der Waals surface area (Å²) in [6.45, 7) is 7.29. The average Bonchev–Trinajstić information content (AvgIpc) is 2.72. The fourth-order valence-electron chi connectivity index (χ4n) is 3.06. The van der Waals surface area contributed by atoms with E-state index in [0.29, 0.717) is 29.1 Å². The molecule has 3 rings (SSSR count). The van der Waals surface area contributed by atoms with Crippen LogP contribution < -0.4 is 15.1 Å². The third kappa shape index (κ3) is 4.89. The Balaban J connectivity index is 1.67. The number of aryl methyl sites for hydroxylation is 2. The molecule has 0 aliphatic rings. The molecule has 0 saturated heterocycles. The van der Waals surface area contributed by atoms with Crippen molar-refractivity contribution in [2.45, 2.75) is 26.9 Å². The van der Waals surface area contributed by atoms with Crippen LogP contribution in [0.5, 0.6) is 11.5 Å². The van der Waals surface area contributed by atoms with Crippen molar-refractivity contribution in [3.8, 4) is 11.5 Å². The highest BCUT2D eigenvalue weighted by atomic mass is 16.6. The molecule has 30 heavy (non-hydrogen) atoms. The Morgan fingerprint density at radius 3 is 2.60 bits per heavy atom. The van der Waals surface area contributed by atoms with Crippen molar-refractivity contribution in [2.75, 3.05) is 13.7 Å². The number of methoxy groups -OCH3 is 1. The monoisotopic (exact) mass is 408 g/mol. The van der Waals surface area contributed by atoms with Crippen LogP contribution in [0.4, 0.5) is 0 Å². The van der Waals surface area contributed by atoms with Gasteiger partial charge in [-0.1, -0.05) is 12.1 Å². The minimum absolute atomic E-state index is 0.0534. The van der Waals surface area contributed by atoms with Gasteiger partial charge < -0.3 is 18.6 Å². The van der Waals surface area contributed by atoms with Crippen LogP contribution in [0.1, 0.15) is 22.3 Å². The van der Waals surface area contributed by atoms with Crippen LogP contribution in [0.2, 0.25) is 0 Å². The van der Waals surface area contributed by atoms with E-state index in [1.807, 2.05) is 38.1 Å². The maximum Gasteiger partial charge on any atom is 0.344 e. The highest BCUT2D eigenvalue weighted by Crippen LogP contribution is 2.28. The minimum atomic E-state index is -0.558. The van der Waals surface area contributed by atoms with E-state index in [2.05, 4.69) is 6.58 Å². The number of hydrogen-bond acceptors (Lipinski definition) is 6. The molecular formula is C24H24O6. The summed E-state index contributed by atoms with van der Waals surface area (Å²) >= 11 is 0. The molecule has 0 N–H and O–H groups in total. The Morgan fingerprint density at radius 1 is 1.10 bits per heavy atom. The van der Waals surface area contributed by atoms with Crippen molar-refractivity contribution in [1.82, 2.24) is 0 Å². The standard InChI is InChI=1S/C24H24O6/c1-5-6-17-7-8-20(22(11-17)27-4)28-14-24(26)29-13-18-12-23(25)30-21-10-16(3)15(2)9-19(18)21/h5,7-12H,1,6,13-14H2,2-4H3. The van der Waals surface area contributed by atoms with E-state index in [1.54, 1.807) is 12.1 Å². The topological polar surface area (TPSA) is 75.0 Å². The summed E-state index contributed by atoms with van der Waals surface area (Å²) < 4.78 is 21.5. The zero-order valence-corrected chi connectivity index (χ0v) is 17.3. The van der Waals surface area contributed by atoms with Gasteiger partial charge in [0.25, 0.3) is 0 Å². The normalized spacial score (nSPS) is 10.6. The first-order chi connectivity index (χ1) is 14.4. The van der Waals surface area contributed by atoms with E-state index in [9.17, 15) is 9.59 Å². The number of rotatable bonds is 8. The van der Waals surface area contributed by atoms with Crippen LogP contribution in [0.25, 0.3) is 11.0 Å². The molecule has 3 aromatic rings. The first-order valence-electron chi connectivity index (χ1n) is 9.51. The lowest BCUT2D eigenvalue weighted by Gasteiger charge is -2.12. The third-order valence-corrected chi connectivity index (χ3v) is 4.79. The molecule has 6 nitrogen and oxygen atoms in total. The predicted molar refractivity (Wildman–Crippen MR) is 114 cm³/mol. The van der Waals surface area contributed by atoms with Crippen molar-refractivity contribution in [3.05, 3.63) is 81.7 Å². The molecule has 0 spiro atoms. The van der Waals surface area contributed by atoms with Crippen LogP contribution in [0.3, 0.4) is 0 Å². The number of esters is 1. The lowest BCUT2D eigenvalue weighted by atomic mass is 10.0. The van der Waals surface area contributed by atoms with Gasteiger partial charge in [-0.25, -0.2) is 9.59 Å². The Morgan fingerprint density at radius 2 is 1.87 bits per heavy atom. The fraction of sp³-hybridized carbons (Fsp3) is 0.250. The van der Waals surface area contributed by atoms with Crippen LogP contribution >= 0.6 is 0 Å². The first kappa shape index (κ1) is 21.2. The molecule has 1 heterocycles. The number of fused-ring (bicyclic) bond motifs is 1. The summed E-state index contributed by atoms with van der Waals surface area (Å²) in [7, 11) is 1.54. The van der Waals surface area contributed by atoms with E-state index < -0.39 is 11.6 Å². The van der Waals surface area contributed by atoms with Crippen molar-refractivity contribution in [3.63, 3.8) is 0 Å². The molecule has 0 fully saturated rings. The fourth-order valence-corrected chi connectivity index (χ4v) is 3.06. The van der Waals surface area contributed by atoms with Crippen molar-refractivity contribution in [2.24, 2.45) is 0 Å². The van der Waals surface area contributed by atoms with Crippen molar-refractivity contribution >= 4 is 16.9 Å². The Labute approximate surface area is 174 Å². The maximum absolute atomic E-state index is 12.2. The highest BCUT2D eigenvalue weighted by Gasteiger charge is 2.12. The van der Waals surface area contributed by atoms with E-state index in [4.69, 9.17) is 18.6 Å². The zero-order chi connectivity index (χ0) is 21.7. The molecule has 0 atom stereocenters. The number of benzene rings is 2. The molecular weight excluding hydrogens is 384 g/mol. The molecule has 0 bridgehead atoms. The van der Waals surface area contributed by atoms with Gasteiger partial charge in [-0.15, -0.1) is 6.58 Å². The van der Waals surface area contributed by atoms with E-state index in [-0.39, 0.29) is 13.2 Å². The number of ether oxygens (including phenoxy) is 3. The van der Waals surface area contributed by atoms with Gasteiger partial charge in [0.1, 0.15) is 12.2 Å². The minimum Gasteiger partial charge on any atom is -0.493 e. The van der Waals surface area contributed by atoms with Crippen LogP contribution in [-0.2, 0) is 22.6 Å². The van der Waals surface area contributed by atoms with Gasteiger partial charge in [-0.3, -0.25) is 0 Å². The number of carbonyl (C=O) groups excluding carboxylic acids is 1. The van der Waals surface area contributed by atoms with Crippen molar-refractivity contribution < 1.29 is 23.4 Å². The quantitative estimate of drug-likeness (QED) is 0.315. The number of hydrogen-bond donors (Lipinski definition) is 0. The number of carbonyl (C=O) groups is 1. The molecule has 1 aromatic heterocycles. The molecule has 6 heteroatoms. The Kier molecular flexibility index (Phi) is 6.57. The zero-order valence-electron chi connectivity index (χ0n) is 17.3. The highest BCUT2D eigenvalue weighted by molar-refractivity contribution is 5.82. The molecule has 2 aromatic carbocycles. The van der Waals surface area contributed by atoms with Crippen LogP contribution in [0, 0.1) is 13.8 Å². The lowest BCUT2D eigenvalue weighted by molar-refractivity contribution is -0.147. The van der Waals surface area contributed by atoms with Gasteiger partial charge in [0, 0.05) is 17.0 Å². The van der Waals surface area contributed by atoms with Gasteiger partial charge in [0.05, 0.1) is 7.11 Å². The summed E-state index contributed by atoms with van der Waals surface area (Å²) in [5, 5.41) is 0.742. The second kappa shape index (κ2) is 9.31. The lowest BCUT2D eigenvalue weighted by Crippen LogP contribution is -2.16. The Bertz CT molecular complexity index is 1140. The molecule has 0 radical (unpaired) electrons. The van der Waals surface area contributed by atoms with Crippen LogP contribution in [0.15, 0.2) is 58.3 Å². The summed E-state index contributed by atoms with van der Waals surface area (Å²) in [6, 6.07) is 10.5. The van der Waals surface area contributed by atoms with Gasteiger partial charge in [-0.05, 0) is 61.2 Å². The third-order valence-electron chi connectivity index (χ3n) is 4.79. The molecule has 0 unspecified atom stereocenters. The molecule has 0 aliphatic carbocycles. The van der Waals surface area contributed by atoms with Gasteiger partial charge in [-0.2, -0.15) is 0 Å². The van der Waals surface area contributed by atoms with Gasteiger partial charge in [0.15, 0.2) is 18.1 Å². The van der Waals surface area contributed by atoms with Gasteiger partial charge >= 0.3 is 11.6 Å². The van der Waals surface area contributed by atoms with E-state index in [0.717, 1.165) is 22.1 Å². The smallest absolute Gasteiger partial charge is 0.344 e. The number of allylic oxidation sites excluding steroid dienone is 1. The summed E-state index contributed by atoms with van der Waals surface area (Å²) in [6.07, 6.45) is 2.50. The van der Waals surface area contributed by atoms with Crippen molar-refractivity contribution in [1.29, 1.82) is 0 Å². The first-order valence-corrected chi connectivity index (χ1v) is 9.51. The van der Waals surface area contributed by atoms with Gasteiger partial charge in [0.2, 0.25) is 0 Å². The van der Waals surface area contributed by atoms with E-state index >= 15 is 0 Å². The predicted octanol–water partition coefficient (Wildman–Crippen LogP) is 4.27.